The maximum atomic E-state index is 10.8. The molecule has 7 nitrogen and oxygen atoms in total. The van der Waals surface area contributed by atoms with Crippen LogP contribution in [0, 0.1) is 0 Å². The number of pyridine rings is 1. The molecule has 1 heterocycles. The van der Waals surface area contributed by atoms with E-state index in [0.717, 1.165) is 0 Å². The Balaban J connectivity index is 2.58. The molecule has 0 atom stereocenters. The third kappa shape index (κ3) is 4.65. The van der Waals surface area contributed by atoms with Gasteiger partial charge >= 0.3 is 12.1 Å². The summed E-state index contributed by atoms with van der Waals surface area (Å²) in [7, 11) is 1.29. The Kier molecular flexibility index (Phi) is 4.49. The zero-order chi connectivity index (χ0) is 12.7. The van der Waals surface area contributed by atoms with Gasteiger partial charge in [-0.25, -0.2) is 20.0 Å². The van der Waals surface area contributed by atoms with Crippen molar-refractivity contribution in [2.75, 3.05) is 12.5 Å². The lowest BCUT2D eigenvalue weighted by Crippen LogP contribution is -2.27. The number of aromatic nitrogens is 1. The molecule has 0 radical (unpaired) electrons. The molecule has 0 unspecified atom stereocenters. The van der Waals surface area contributed by atoms with Gasteiger partial charge in [0, 0.05) is 12.3 Å². The molecule has 17 heavy (non-hydrogen) atoms. The maximum Gasteiger partial charge on any atom is 0.423 e. The summed E-state index contributed by atoms with van der Waals surface area (Å²) in [6, 6.07) is 3.23. The number of methoxy groups -OCH3 is 1. The quantitative estimate of drug-likeness (QED) is 0.408. The third-order valence-corrected chi connectivity index (χ3v) is 1.70. The maximum absolute atomic E-state index is 10.8. The topological polar surface area (TPSA) is 101 Å². The normalized spacial score (nSPS) is 9.94. The number of hydrogen-bond donors (Lipinski definition) is 3. The molecule has 3 N–H and O–H groups in total. The smallest absolute Gasteiger partial charge is 0.423 e. The zero-order valence-electron chi connectivity index (χ0n) is 9.01. The average molecular weight is 237 g/mol. The van der Waals surface area contributed by atoms with E-state index in [9.17, 15) is 9.59 Å². The monoisotopic (exact) mass is 237 g/mol. The number of ether oxygens (including phenoxy) is 1. The van der Waals surface area contributed by atoms with E-state index in [1.807, 2.05) is 5.43 Å². The second-order valence-corrected chi connectivity index (χ2v) is 2.89. The van der Waals surface area contributed by atoms with E-state index in [1.165, 1.54) is 25.5 Å². The summed E-state index contributed by atoms with van der Waals surface area (Å²) < 4.78 is 4.43. The molecule has 0 aliphatic heterocycles. The Morgan fingerprint density at radius 1 is 1.47 bits per heavy atom. The van der Waals surface area contributed by atoms with Crippen LogP contribution in [0.5, 0.6) is 0 Å². The lowest BCUT2D eigenvalue weighted by atomic mass is 10.2. The third-order valence-electron chi connectivity index (χ3n) is 1.70. The molecule has 7 heteroatoms. The van der Waals surface area contributed by atoms with Gasteiger partial charge in [-0.05, 0) is 23.8 Å². The van der Waals surface area contributed by atoms with Gasteiger partial charge in [0.2, 0.25) is 0 Å². The molecule has 0 spiro atoms. The van der Waals surface area contributed by atoms with Gasteiger partial charge in [-0.15, -0.1) is 0 Å². The van der Waals surface area contributed by atoms with Crippen molar-refractivity contribution < 1.29 is 19.4 Å². The van der Waals surface area contributed by atoms with Crippen molar-refractivity contribution in [3.05, 3.63) is 30.0 Å². The highest BCUT2D eigenvalue weighted by Gasteiger charge is 1.96. The number of amides is 1. The molecule has 0 saturated heterocycles. The molecule has 90 valence electrons. The van der Waals surface area contributed by atoms with Gasteiger partial charge in [0.25, 0.3) is 0 Å². The molecule has 0 aliphatic rings. The fraction of sp³-hybridized carbons (Fsp3) is 0.100. The second kappa shape index (κ2) is 6.11. The number of anilines is 1. The van der Waals surface area contributed by atoms with Crippen LogP contribution in [0.2, 0.25) is 0 Å². The van der Waals surface area contributed by atoms with E-state index in [0.29, 0.717) is 11.4 Å². The Morgan fingerprint density at radius 3 is 2.76 bits per heavy atom. The predicted octanol–water partition coefficient (Wildman–Crippen LogP) is 0.862. The number of rotatable bonds is 4. The molecule has 0 bridgehead atoms. The highest BCUT2D eigenvalue weighted by atomic mass is 16.5. The van der Waals surface area contributed by atoms with Crippen LogP contribution in [0.25, 0.3) is 6.08 Å². The Labute approximate surface area is 97.1 Å². The number of carbonyl (C=O) groups excluding carboxylic acids is 1. The first-order chi connectivity index (χ1) is 8.11. The number of nitrogens with zero attached hydrogens (tertiary/aromatic N) is 1. The summed E-state index contributed by atoms with van der Waals surface area (Å²) in [6.07, 6.45) is 3.07. The van der Waals surface area contributed by atoms with Gasteiger partial charge in [0.05, 0.1) is 7.11 Å². The predicted molar refractivity (Wildman–Crippen MR) is 60.1 cm³/mol. The standard InChI is InChI=1S/C10H11N3O4/c1-17-9(14)5-3-7-2-4-8(11-6-7)12-13-10(15)16/h2-6,13H,1H3,(H,11,12)(H,15,16). The first kappa shape index (κ1) is 12.5. The molecule has 0 fully saturated rings. The summed E-state index contributed by atoms with van der Waals surface area (Å²) in [5.41, 5.74) is 5.01. The lowest BCUT2D eigenvalue weighted by Gasteiger charge is -2.03. The van der Waals surface area contributed by atoms with E-state index < -0.39 is 12.1 Å². The van der Waals surface area contributed by atoms with Crippen molar-refractivity contribution >= 4 is 24.0 Å². The van der Waals surface area contributed by atoms with Gasteiger partial charge in [-0.3, -0.25) is 5.43 Å². The molecular weight excluding hydrogens is 226 g/mol. The van der Waals surface area contributed by atoms with Crippen molar-refractivity contribution in [3.8, 4) is 0 Å². The highest BCUT2D eigenvalue weighted by Crippen LogP contribution is 2.05. The van der Waals surface area contributed by atoms with Crippen LogP contribution in [0.15, 0.2) is 24.4 Å². The number of carboxylic acid groups (broad SMARTS) is 1. The number of hydrogen-bond acceptors (Lipinski definition) is 5. The van der Waals surface area contributed by atoms with Crippen LogP contribution < -0.4 is 10.9 Å². The van der Waals surface area contributed by atoms with Gasteiger partial charge in [0.1, 0.15) is 5.82 Å². The van der Waals surface area contributed by atoms with Crippen molar-refractivity contribution in [2.45, 2.75) is 0 Å². The minimum atomic E-state index is -1.21. The van der Waals surface area contributed by atoms with E-state index in [-0.39, 0.29) is 0 Å². The molecule has 1 aromatic rings. The lowest BCUT2D eigenvalue weighted by molar-refractivity contribution is -0.134. The summed E-state index contributed by atoms with van der Waals surface area (Å²) in [5.74, 6) is -0.109. The van der Waals surface area contributed by atoms with Crippen molar-refractivity contribution in [1.82, 2.24) is 10.4 Å². The number of esters is 1. The Bertz CT molecular complexity index is 428. The van der Waals surface area contributed by atoms with Gasteiger partial charge in [0.15, 0.2) is 0 Å². The summed E-state index contributed by atoms with van der Waals surface area (Å²) in [5, 5.41) is 8.34. The number of carbonyl (C=O) groups is 2. The fourth-order valence-electron chi connectivity index (χ4n) is 0.928. The first-order valence-electron chi connectivity index (χ1n) is 4.59. The second-order valence-electron chi connectivity index (χ2n) is 2.89. The Hall–Kier alpha value is -2.57. The Morgan fingerprint density at radius 2 is 2.24 bits per heavy atom. The molecule has 1 amide bonds. The molecule has 1 aromatic heterocycles. The largest absolute Gasteiger partial charge is 0.466 e. The number of hydrazine groups is 1. The van der Waals surface area contributed by atoms with Gasteiger partial charge in [-0.2, -0.15) is 0 Å². The molecule has 0 aromatic carbocycles. The van der Waals surface area contributed by atoms with Crippen molar-refractivity contribution in [3.63, 3.8) is 0 Å². The van der Waals surface area contributed by atoms with E-state index in [2.05, 4.69) is 15.1 Å². The van der Waals surface area contributed by atoms with Crippen LogP contribution in [-0.2, 0) is 9.53 Å². The van der Waals surface area contributed by atoms with Crippen molar-refractivity contribution in [2.24, 2.45) is 0 Å². The summed E-state index contributed by atoms with van der Waals surface area (Å²) in [6.45, 7) is 0. The SMILES string of the molecule is COC(=O)C=Cc1ccc(NNC(=O)O)nc1. The van der Waals surface area contributed by atoms with Gasteiger partial charge in [-0.1, -0.05) is 0 Å². The molecule has 0 saturated carbocycles. The first-order valence-corrected chi connectivity index (χ1v) is 4.59. The van der Waals surface area contributed by atoms with Crippen LogP contribution in [0.4, 0.5) is 10.6 Å². The minimum absolute atomic E-state index is 0.350. The molecule has 1 rings (SSSR count). The molecule has 0 aliphatic carbocycles. The van der Waals surface area contributed by atoms with Crippen LogP contribution in [0.3, 0.4) is 0 Å². The van der Waals surface area contributed by atoms with Gasteiger partial charge < -0.3 is 9.84 Å². The highest BCUT2D eigenvalue weighted by molar-refractivity contribution is 5.86. The van der Waals surface area contributed by atoms with Crippen LogP contribution >= 0.6 is 0 Å². The van der Waals surface area contributed by atoms with E-state index >= 15 is 0 Å². The average Bonchev–Trinajstić information content (AvgIpc) is 2.34. The van der Waals surface area contributed by atoms with Crippen molar-refractivity contribution in [1.29, 1.82) is 0 Å². The van der Waals surface area contributed by atoms with Crippen LogP contribution in [0.1, 0.15) is 5.56 Å². The minimum Gasteiger partial charge on any atom is -0.466 e. The zero-order valence-corrected chi connectivity index (χ0v) is 9.01. The van der Waals surface area contributed by atoms with E-state index in [1.54, 1.807) is 12.1 Å². The fourth-order valence-corrected chi connectivity index (χ4v) is 0.928. The summed E-state index contributed by atoms with van der Waals surface area (Å²) in [4.78, 5) is 24.9. The van der Waals surface area contributed by atoms with Crippen LogP contribution in [-0.4, -0.2) is 29.3 Å². The van der Waals surface area contributed by atoms with E-state index in [4.69, 9.17) is 5.11 Å². The number of nitrogens with one attached hydrogen (secondary N) is 2. The molecular formula is C10H11N3O4. The summed E-state index contributed by atoms with van der Waals surface area (Å²) >= 11 is 0.